The number of nitriles is 1. The summed E-state index contributed by atoms with van der Waals surface area (Å²) in [6.07, 6.45) is 2.47. The van der Waals surface area contributed by atoms with Crippen LogP contribution in [0, 0.1) is 11.3 Å². The number of thiazole rings is 1. The molecule has 0 radical (unpaired) electrons. The van der Waals surface area contributed by atoms with E-state index >= 15 is 0 Å². The van der Waals surface area contributed by atoms with Crippen molar-refractivity contribution in [3.63, 3.8) is 0 Å². The molecular formula is C12H12ClN3S. The minimum absolute atomic E-state index is 0. The van der Waals surface area contributed by atoms with Crippen molar-refractivity contribution >= 4 is 23.7 Å². The Balaban J connectivity index is 0.00000144. The van der Waals surface area contributed by atoms with E-state index in [0.29, 0.717) is 12.0 Å². The number of hydrogen-bond acceptors (Lipinski definition) is 4. The van der Waals surface area contributed by atoms with E-state index in [9.17, 15) is 0 Å². The van der Waals surface area contributed by atoms with Gasteiger partial charge in [-0.05, 0) is 24.1 Å². The SMILES string of the molecule is Cl.N#Cc1cccc(CC(N)c2nccs2)c1. The Morgan fingerprint density at radius 2 is 2.29 bits per heavy atom. The molecule has 1 atom stereocenters. The van der Waals surface area contributed by atoms with Crippen molar-refractivity contribution in [1.29, 1.82) is 5.26 Å². The lowest BCUT2D eigenvalue weighted by molar-refractivity contribution is 0.715. The summed E-state index contributed by atoms with van der Waals surface area (Å²) in [6, 6.07) is 9.55. The van der Waals surface area contributed by atoms with Crippen LogP contribution in [-0.2, 0) is 6.42 Å². The standard InChI is InChI=1S/C12H11N3S.ClH/c13-8-10-3-1-2-9(6-10)7-11(14)12-15-4-5-16-12;/h1-6,11H,7,14H2;1H. The molecule has 88 valence electrons. The molecule has 0 aliphatic carbocycles. The second kappa shape index (κ2) is 6.36. The van der Waals surface area contributed by atoms with Crippen LogP contribution < -0.4 is 5.73 Å². The van der Waals surface area contributed by atoms with Gasteiger partial charge in [0.15, 0.2) is 0 Å². The van der Waals surface area contributed by atoms with Crippen LogP contribution in [0.3, 0.4) is 0 Å². The van der Waals surface area contributed by atoms with E-state index in [1.807, 2.05) is 23.6 Å². The largest absolute Gasteiger partial charge is 0.322 e. The zero-order chi connectivity index (χ0) is 11.4. The molecule has 1 heterocycles. The fourth-order valence-corrected chi connectivity index (χ4v) is 2.17. The van der Waals surface area contributed by atoms with Crippen LogP contribution in [0.5, 0.6) is 0 Å². The molecule has 1 unspecified atom stereocenters. The van der Waals surface area contributed by atoms with Crippen LogP contribution in [0.2, 0.25) is 0 Å². The summed E-state index contributed by atoms with van der Waals surface area (Å²) in [4.78, 5) is 4.18. The second-order valence-corrected chi connectivity index (χ2v) is 4.42. The minimum Gasteiger partial charge on any atom is -0.322 e. The Morgan fingerprint density at radius 1 is 1.47 bits per heavy atom. The molecule has 3 nitrogen and oxygen atoms in total. The average Bonchev–Trinajstić information content (AvgIpc) is 2.83. The van der Waals surface area contributed by atoms with E-state index < -0.39 is 0 Å². The first-order valence-corrected chi connectivity index (χ1v) is 5.81. The van der Waals surface area contributed by atoms with Crippen molar-refractivity contribution in [2.24, 2.45) is 5.73 Å². The Labute approximate surface area is 110 Å². The predicted octanol–water partition coefficient (Wildman–Crippen LogP) is 2.68. The topological polar surface area (TPSA) is 62.7 Å². The van der Waals surface area contributed by atoms with E-state index in [4.69, 9.17) is 11.0 Å². The lowest BCUT2D eigenvalue weighted by Crippen LogP contribution is -2.12. The van der Waals surface area contributed by atoms with E-state index in [1.165, 1.54) is 0 Å². The van der Waals surface area contributed by atoms with Crippen LogP contribution in [0.1, 0.15) is 22.2 Å². The molecule has 0 saturated carbocycles. The van der Waals surface area contributed by atoms with Crippen molar-refractivity contribution < 1.29 is 0 Å². The van der Waals surface area contributed by atoms with Gasteiger partial charge in [-0.1, -0.05) is 12.1 Å². The van der Waals surface area contributed by atoms with Crippen LogP contribution in [0.4, 0.5) is 0 Å². The number of halogens is 1. The van der Waals surface area contributed by atoms with E-state index in [2.05, 4.69) is 11.1 Å². The molecule has 0 aliphatic heterocycles. The van der Waals surface area contributed by atoms with E-state index in [0.717, 1.165) is 10.6 Å². The predicted molar refractivity (Wildman–Crippen MR) is 71.2 cm³/mol. The van der Waals surface area contributed by atoms with Crippen LogP contribution in [0.15, 0.2) is 35.8 Å². The number of nitrogens with two attached hydrogens (primary N) is 1. The maximum absolute atomic E-state index is 8.79. The monoisotopic (exact) mass is 265 g/mol. The lowest BCUT2D eigenvalue weighted by Gasteiger charge is -2.08. The first-order valence-electron chi connectivity index (χ1n) is 4.93. The van der Waals surface area contributed by atoms with Gasteiger partial charge in [0.2, 0.25) is 0 Å². The van der Waals surface area contributed by atoms with Gasteiger partial charge in [-0.25, -0.2) is 4.98 Å². The van der Waals surface area contributed by atoms with E-state index in [-0.39, 0.29) is 18.4 Å². The smallest absolute Gasteiger partial charge is 0.110 e. The molecule has 0 fully saturated rings. The van der Waals surface area contributed by atoms with Gasteiger partial charge in [-0.3, -0.25) is 0 Å². The molecular weight excluding hydrogens is 254 g/mol. The first kappa shape index (κ1) is 13.7. The summed E-state index contributed by atoms with van der Waals surface area (Å²) in [5, 5.41) is 11.6. The fourth-order valence-electron chi connectivity index (χ4n) is 1.53. The van der Waals surface area contributed by atoms with Crippen molar-refractivity contribution in [3.05, 3.63) is 52.0 Å². The lowest BCUT2D eigenvalue weighted by atomic mass is 10.0. The first-order chi connectivity index (χ1) is 7.79. The maximum Gasteiger partial charge on any atom is 0.110 e. The molecule has 0 aliphatic rings. The van der Waals surface area contributed by atoms with E-state index in [1.54, 1.807) is 23.6 Å². The summed E-state index contributed by atoms with van der Waals surface area (Å²) in [5.74, 6) is 0. The van der Waals surface area contributed by atoms with Crippen LogP contribution in [0.25, 0.3) is 0 Å². The Bertz CT molecular complexity index is 505. The third-order valence-corrected chi connectivity index (χ3v) is 3.19. The number of hydrogen-bond donors (Lipinski definition) is 1. The summed E-state index contributed by atoms with van der Waals surface area (Å²) in [5.41, 5.74) is 7.77. The third kappa shape index (κ3) is 3.53. The van der Waals surface area contributed by atoms with Gasteiger partial charge in [0.1, 0.15) is 5.01 Å². The number of rotatable bonds is 3. The molecule has 1 aromatic carbocycles. The number of nitrogens with zero attached hydrogens (tertiary/aromatic N) is 2. The van der Waals surface area contributed by atoms with Gasteiger partial charge in [0.25, 0.3) is 0 Å². The minimum atomic E-state index is -0.0889. The highest BCUT2D eigenvalue weighted by Gasteiger charge is 2.09. The van der Waals surface area contributed by atoms with Gasteiger partial charge in [0.05, 0.1) is 17.7 Å². The highest BCUT2D eigenvalue weighted by molar-refractivity contribution is 7.09. The van der Waals surface area contributed by atoms with Gasteiger partial charge in [-0.15, -0.1) is 23.7 Å². The van der Waals surface area contributed by atoms with Gasteiger partial charge in [0, 0.05) is 11.6 Å². The van der Waals surface area contributed by atoms with Crippen molar-refractivity contribution in [3.8, 4) is 6.07 Å². The molecule has 0 spiro atoms. The average molecular weight is 266 g/mol. The summed E-state index contributed by atoms with van der Waals surface area (Å²) in [7, 11) is 0. The molecule has 1 aromatic heterocycles. The molecule has 0 saturated heterocycles. The molecule has 2 N–H and O–H groups in total. The highest BCUT2D eigenvalue weighted by atomic mass is 35.5. The zero-order valence-corrected chi connectivity index (χ0v) is 10.7. The Morgan fingerprint density at radius 3 is 2.94 bits per heavy atom. The summed E-state index contributed by atoms with van der Waals surface area (Å²) in [6.45, 7) is 0. The van der Waals surface area contributed by atoms with Gasteiger partial charge >= 0.3 is 0 Å². The molecule has 17 heavy (non-hydrogen) atoms. The molecule has 0 bridgehead atoms. The second-order valence-electron chi connectivity index (χ2n) is 3.49. The van der Waals surface area contributed by atoms with Gasteiger partial charge < -0.3 is 5.73 Å². The molecule has 2 aromatic rings. The normalized spacial score (nSPS) is 11.3. The third-order valence-electron chi connectivity index (χ3n) is 2.28. The van der Waals surface area contributed by atoms with Gasteiger partial charge in [-0.2, -0.15) is 5.26 Å². The number of aromatic nitrogens is 1. The zero-order valence-electron chi connectivity index (χ0n) is 9.04. The maximum atomic E-state index is 8.79. The molecule has 5 heteroatoms. The van der Waals surface area contributed by atoms with Crippen LogP contribution >= 0.6 is 23.7 Å². The summed E-state index contributed by atoms with van der Waals surface area (Å²) < 4.78 is 0. The highest BCUT2D eigenvalue weighted by Crippen LogP contribution is 2.18. The number of benzene rings is 1. The summed E-state index contributed by atoms with van der Waals surface area (Å²) >= 11 is 1.56. The Kier molecular flexibility index (Phi) is 5.11. The molecule has 0 amide bonds. The van der Waals surface area contributed by atoms with Crippen molar-refractivity contribution in [1.82, 2.24) is 4.98 Å². The van der Waals surface area contributed by atoms with Crippen molar-refractivity contribution in [2.45, 2.75) is 12.5 Å². The fraction of sp³-hybridized carbons (Fsp3) is 0.167. The van der Waals surface area contributed by atoms with Crippen molar-refractivity contribution in [2.75, 3.05) is 0 Å². The Hall–Kier alpha value is -1.41. The molecule has 2 rings (SSSR count). The van der Waals surface area contributed by atoms with Crippen LogP contribution in [-0.4, -0.2) is 4.98 Å². The quantitative estimate of drug-likeness (QED) is 0.928.